The summed E-state index contributed by atoms with van der Waals surface area (Å²) in [4.78, 5) is 0. The molecule has 1 aliphatic rings. The minimum absolute atomic E-state index is 0.102. The summed E-state index contributed by atoms with van der Waals surface area (Å²) in [5.74, 6) is 0.581. The molecule has 0 radical (unpaired) electrons. The van der Waals surface area contributed by atoms with Crippen molar-refractivity contribution in [2.75, 3.05) is 18.1 Å². The SMILES string of the molecule is O=S1(=O)CCC(NCCn2ccc3ccc(Cl)cc32)C1. The Morgan fingerprint density at radius 2 is 2.20 bits per heavy atom. The lowest BCUT2D eigenvalue weighted by molar-refractivity contribution is 0.525. The number of fused-ring (bicyclic) bond motifs is 1. The molecule has 2 heterocycles. The Bertz CT molecular complexity index is 724. The summed E-state index contributed by atoms with van der Waals surface area (Å²) < 4.78 is 24.9. The van der Waals surface area contributed by atoms with Gasteiger partial charge >= 0.3 is 0 Å². The van der Waals surface area contributed by atoms with Gasteiger partial charge in [0.15, 0.2) is 9.84 Å². The Kier molecular flexibility index (Phi) is 3.75. The molecule has 0 amide bonds. The maximum atomic E-state index is 11.4. The fourth-order valence-corrected chi connectivity index (χ4v) is 4.57. The lowest BCUT2D eigenvalue weighted by Gasteiger charge is -2.11. The second-order valence-electron chi connectivity index (χ2n) is 5.27. The Morgan fingerprint density at radius 3 is 2.95 bits per heavy atom. The molecule has 3 rings (SSSR count). The van der Waals surface area contributed by atoms with Crippen LogP contribution in [0.4, 0.5) is 0 Å². The molecule has 1 N–H and O–H groups in total. The van der Waals surface area contributed by atoms with Crippen molar-refractivity contribution in [2.45, 2.75) is 19.0 Å². The average Bonchev–Trinajstić information content (AvgIpc) is 2.93. The van der Waals surface area contributed by atoms with Crippen molar-refractivity contribution >= 4 is 32.3 Å². The van der Waals surface area contributed by atoms with Crippen molar-refractivity contribution in [1.82, 2.24) is 9.88 Å². The summed E-state index contributed by atoms with van der Waals surface area (Å²) in [5.41, 5.74) is 1.11. The summed E-state index contributed by atoms with van der Waals surface area (Å²) in [7, 11) is -2.81. The molecule has 0 bridgehead atoms. The van der Waals surface area contributed by atoms with Crippen LogP contribution in [0.1, 0.15) is 6.42 Å². The van der Waals surface area contributed by atoms with Crippen LogP contribution in [0.15, 0.2) is 30.5 Å². The lowest BCUT2D eigenvalue weighted by atomic mass is 10.2. The van der Waals surface area contributed by atoms with Crippen LogP contribution in [0, 0.1) is 0 Å². The van der Waals surface area contributed by atoms with Crippen molar-refractivity contribution in [2.24, 2.45) is 0 Å². The molecule has 6 heteroatoms. The Morgan fingerprint density at radius 1 is 1.35 bits per heavy atom. The third-order valence-corrected chi connectivity index (χ3v) is 5.76. The van der Waals surface area contributed by atoms with E-state index in [1.165, 1.54) is 0 Å². The van der Waals surface area contributed by atoms with Gasteiger partial charge in [-0.05, 0) is 30.0 Å². The Hall–Kier alpha value is -1.04. The number of aromatic nitrogens is 1. The maximum absolute atomic E-state index is 11.4. The molecule has 0 spiro atoms. The zero-order valence-corrected chi connectivity index (χ0v) is 12.6. The van der Waals surface area contributed by atoms with E-state index in [1.54, 1.807) is 0 Å². The van der Waals surface area contributed by atoms with Crippen molar-refractivity contribution in [3.63, 3.8) is 0 Å². The van der Waals surface area contributed by atoms with Crippen molar-refractivity contribution in [3.8, 4) is 0 Å². The largest absolute Gasteiger partial charge is 0.346 e. The van der Waals surface area contributed by atoms with E-state index in [9.17, 15) is 8.42 Å². The molecule has 108 valence electrons. The van der Waals surface area contributed by atoms with Crippen molar-refractivity contribution < 1.29 is 8.42 Å². The molecule has 2 aromatic rings. The molecular weight excluding hydrogens is 296 g/mol. The molecule has 20 heavy (non-hydrogen) atoms. The Balaban J connectivity index is 1.62. The van der Waals surface area contributed by atoms with Crippen LogP contribution in [-0.2, 0) is 16.4 Å². The Labute approximate surface area is 123 Å². The first kappa shape index (κ1) is 13.9. The zero-order chi connectivity index (χ0) is 14.2. The summed E-state index contributed by atoms with van der Waals surface area (Å²) in [6.45, 7) is 1.57. The van der Waals surface area contributed by atoms with Crippen LogP contribution in [0.2, 0.25) is 5.02 Å². The van der Waals surface area contributed by atoms with Gasteiger partial charge in [-0.25, -0.2) is 8.42 Å². The van der Waals surface area contributed by atoms with Gasteiger partial charge in [0.2, 0.25) is 0 Å². The van der Waals surface area contributed by atoms with Gasteiger partial charge in [0.1, 0.15) is 0 Å². The van der Waals surface area contributed by atoms with Gasteiger partial charge in [-0.15, -0.1) is 0 Å². The molecule has 0 aliphatic carbocycles. The number of halogens is 1. The number of rotatable bonds is 4. The zero-order valence-electron chi connectivity index (χ0n) is 11.0. The molecule has 4 nitrogen and oxygen atoms in total. The number of nitrogens with one attached hydrogen (secondary N) is 1. The number of benzene rings is 1. The first-order chi connectivity index (χ1) is 9.53. The van der Waals surface area contributed by atoms with Crippen LogP contribution >= 0.6 is 11.6 Å². The van der Waals surface area contributed by atoms with Crippen LogP contribution in [0.5, 0.6) is 0 Å². The summed E-state index contributed by atoms with van der Waals surface area (Å²) >= 11 is 6.02. The van der Waals surface area contributed by atoms with Crippen LogP contribution in [-0.4, -0.2) is 37.1 Å². The van der Waals surface area contributed by atoms with Crippen molar-refractivity contribution in [3.05, 3.63) is 35.5 Å². The summed E-state index contributed by atoms with van der Waals surface area (Å²) in [6.07, 6.45) is 2.76. The van der Waals surface area contributed by atoms with E-state index in [0.29, 0.717) is 5.75 Å². The molecule has 1 atom stereocenters. The molecule has 1 aromatic carbocycles. The highest BCUT2D eigenvalue weighted by Crippen LogP contribution is 2.20. The highest BCUT2D eigenvalue weighted by atomic mass is 35.5. The second-order valence-corrected chi connectivity index (χ2v) is 7.93. The average molecular weight is 313 g/mol. The molecule has 1 aromatic heterocycles. The van der Waals surface area contributed by atoms with Gasteiger partial charge in [-0.2, -0.15) is 0 Å². The monoisotopic (exact) mass is 312 g/mol. The molecule has 1 saturated heterocycles. The standard InChI is InChI=1S/C14H17ClN2O2S/c15-12-2-1-11-3-6-17(14(11)9-12)7-5-16-13-4-8-20(18,19)10-13/h1-3,6,9,13,16H,4-5,7-8,10H2. The number of nitrogens with zero attached hydrogens (tertiary/aromatic N) is 1. The molecule has 1 fully saturated rings. The van der Waals surface area contributed by atoms with E-state index >= 15 is 0 Å². The van der Waals surface area contributed by atoms with E-state index < -0.39 is 9.84 Å². The summed E-state index contributed by atoms with van der Waals surface area (Å²) in [5, 5.41) is 5.22. The third kappa shape index (κ3) is 3.00. The minimum atomic E-state index is -2.81. The maximum Gasteiger partial charge on any atom is 0.151 e. The molecule has 1 unspecified atom stereocenters. The van der Waals surface area contributed by atoms with Gasteiger partial charge in [0.05, 0.1) is 11.5 Å². The molecule has 0 saturated carbocycles. The van der Waals surface area contributed by atoms with Crippen molar-refractivity contribution in [1.29, 1.82) is 0 Å². The van der Waals surface area contributed by atoms with Crippen LogP contribution in [0.25, 0.3) is 10.9 Å². The van der Waals surface area contributed by atoms with E-state index in [0.717, 1.165) is 35.4 Å². The van der Waals surface area contributed by atoms with Gasteiger partial charge in [0, 0.05) is 35.9 Å². The number of sulfone groups is 1. The predicted molar refractivity (Wildman–Crippen MR) is 82.0 cm³/mol. The molecule has 1 aliphatic heterocycles. The smallest absolute Gasteiger partial charge is 0.151 e. The van der Waals surface area contributed by atoms with Gasteiger partial charge in [-0.3, -0.25) is 0 Å². The van der Waals surface area contributed by atoms with Crippen LogP contribution < -0.4 is 5.32 Å². The fourth-order valence-electron chi connectivity index (χ4n) is 2.70. The van der Waals surface area contributed by atoms with E-state index in [2.05, 4.69) is 16.0 Å². The van der Waals surface area contributed by atoms with Gasteiger partial charge < -0.3 is 9.88 Å². The van der Waals surface area contributed by atoms with Gasteiger partial charge in [-0.1, -0.05) is 17.7 Å². The highest BCUT2D eigenvalue weighted by Gasteiger charge is 2.26. The number of hydrogen-bond acceptors (Lipinski definition) is 3. The fraction of sp³-hybridized carbons (Fsp3) is 0.429. The van der Waals surface area contributed by atoms with E-state index in [-0.39, 0.29) is 11.8 Å². The topological polar surface area (TPSA) is 51.1 Å². The van der Waals surface area contributed by atoms with E-state index in [4.69, 9.17) is 11.6 Å². The number of hydrogen-bond donors (Lipinski definition) is 1. The third-order valence-electron chi connectivity index (χ3n) is 3.75. The first-order valence-corrected chi connectivity index (χ1v) is 8.92. The molecular formula is C14H17ClN2O2S. The summed E-state index contributed by atoms with van der Waals surface area (Å²) in [6, 6.07) is 8.01. The predicted octanol–water partition coefficient (Wildman–Crippen LogP) is 2.07. The second kappa shape index (κ2) is 5.39. The van der Waals surface area contributed by atoms with Gasteiger partial charge in [0.25, 0.3) is 0 Å². The normalized spacial score (nSPS) is 21.6. The highest BCUT2D eigenvalue weighted by molar-refractivity contribution is 7.91. The quantitative estimate of drug-likeness (QED) is 0.940. The van der Waals surface area contributed by atoms with E-state index in [1.807, 2.05) is 24.4 Å². The first-order valence-electron chi connectivity index (χ1n) is 6.72. The lowest BCUT2D eigenvalue weighted by Crippen LogP contribution is -2.32. The van der Waals surface area contributed by atoms with Crippen LogP contribution in [0.3, 0.4) is 0 Å². The minimum Gasteiger partial charge on any atom is -0.346 e.